The van der Waals surface area contributed by atoms with Crippen molar-refractivity contribution in [2.45, 2.75) is 4.21 Å². The van der Waals surface area contributed by atoms with Gasteiger partial charge in [0.25, 0.3) is 10.0 Å². The molecule has 0 saturated heterocycles. The first-order valence-electron chi connectivity index (χ1n) is 6.69. The number of aromatic nitrogens is 1. The molecule has 2 N–H and O–H groups in total. The second-order valence-corrected chi connectivity index (χ2v) is 7.55. The van der Waals surface area contributed by atoms with Gasteiger partial charge in [-0.3, -0.25) is 4.72 Å². The Morgan fingerprint density at radius 1 is 1.00 bits per heavy atom. The molecule has 0 aliphatic heterocycles. The molecule has 3 rings (SSSR count). The van der Waals surface area contributed by atoms with Crippen LogP contribution in [-0.4, -0.2) is 13.4 Å². The molecular weight excluding hydrogens is 356 g/mol. The summed E-state index contributed by atoms with van der Waals surface area (Å²) in [7, 11) is -3.69. The summed E-state index contributed by atoms with van der Waals surface area (Å²) in [4.78, 5) is 3.94. The number of pyridine rings is 1. The Morgan fingerprint density at radius 2 is 1.75 bits per heavy atom. The van der Waals surface area contributed by atoms with Gasteiger partial charge in [0.1, 0.15) is 27.3 Å². The number of hydrogen-bond donors (Lipinski definition) is 2. The fourth-order valence-corrected chi connectivity index (χ4v) is 3.90. The third-order valence-electron chi connectivity index (χ3n) is 2.99. The number of nitrogens with one attached hydrogen (secondary N) is 2. The Morgan fingerprint density at radius 3 is 2.33 bits per heavy atom. The number of rotatable bonds is 5. The highest BCUT2D eigenvalue weighted by atomic mass is 32.2. The molecule has 0 radical (unpaired) electrons. The predicted octanol–water partition coefficient (Wildman–Crippen LogP) is 3.97. The summed E-state index contributed by atoms with van der Waals surface area (Å²) in [5, 5.41) is 4.22. The van der Waals surface area contributed by atoms with Crippen molar-refractivity contribution < 1.29 is 17.2 Å². The topological polar surface area (TPSA) is 71.1 Å². The lowest BCUT2D eigenvalue weighted by atomic mass is 10.2. The van der Waals surface area contributed by atoms with E-state index in [-0.39, 0.29) is 15.7 Å². The molecular formula is C15H11F2N3O2S2. The van der Waals surface area contributed by atoms with Crippen LogP contribution in [0.1, 0.15) is 0 Å². The Hall–Kier alpha value is -2.52. The zero-order valence-corrected chi connectivity index (χ0v) is 13.7. The maximum absolute atomic E-state index is 13.6. The first kappa shape index (κ1) is 16.3. The molecule has 2 heterocycles. The summed E-state index contributed by atoms with van der Waals surface area (Å²) in [5.41, 5.74) is 0.0179. The van der Waals surface area contributed by atoms with E-state index in [2.05, 4.69) is 15.0 Å². The van der Waals surface area contributed by atoms with E-state index in [0.717, 1.165) is 23.5 Å². The molecule has 0 fully saturated rings. The van der Waals surface area contributed by atoms with Gasteiger partial charge in [0.15, 0.2) is 0 Å². The maximum atomic E-state index is 13.6. The molecule has 0 bridgehead atoms. The van der Waals surface area contributed by atoms with Crippen LogP contribution in [0.2, 0.25) is 0 Å². The SMILES string of the molecule is O=S(=O)(Nc1ccc(Nc2c(F)cccc2F)cn1)c1cccs1. The Balaban J connectivity index is 1.77. The number of thiophene rings is 1. The lowest BCUT2D eigenvalue weighted by molar-refractivity contribution is 0.590. The third-order valence-corrected chi connectivity index (χ3v) is 5.75. The zero-order valence-electron chi connectivity index (χ0n) is 12.0. The Labute approximate surface area is 141 Å². The minimum Gasteiger partial charge on any atom is -0.349 e. The number of halogens is 2. The van der Waals surface area contributed by atoms with Crippen molar-refractivity contribution in [3.63, 3.8) is 0 Å². The zero-order chi connectivity index (χ0) is 17.2. The van der Waals surface area contributed by atoms with E-state index in [9.17, 15) is 17.2 Å². The van der Waals surface area contributed by atoms with Gasteiger partial charge in [-0.25, -0.2) is 22.2 Å². The molecule has 5 nitrogen and oxygen atoms in total. The first-order valence-corrected chi connectivity index (χ1v) is 9.05. The van der Waals surface area contributed by atoms with Crippen molar-refractivity contribution in [1.82, 2.24) is 4.98 Å². The number of sulfonamides is 1. The maximum Gasteiger partial charge on any atom is 0.272 e. The molecule has 0 spiro atoms. The van der Waals surface area contributed by atoms with E-state index in [1.165, 1.54) is 30.5 Å². The number of anilines is 3. The average Bonchev–Trinajstić information content (AvgIpc) is 3.08. The van der Waals surface area contributed by atoms with Crippen LogP contribution in [0, 0.1) is 11.6 Å². The molecule has 9 heteroatoms. The highest BCUT2D eigenvalue weighted by Gasteiger charge is 2.16. The Kier molecular flexibility index (Phi) is 4.45. The van der Waals surface area contributed by atoms with Crippen LogP contribution in [0.5, 0.6) is 0 Å². The fraction of sp³-hybridized carbons (Fsp3) is 0. The van der Waals surface area contributed by atoms with Crippen molar-refractivity contribution in [3.05, 3.63) is 65.7 Å². The smallest absolute Gasteiger partial charge is 0.272 e. The lowest BCUT2D eigenvalue weighted by Crippen LogP contribution is -2.12. The van der Waals surface area contributed by atoms with Gasteiger partial charge < -0.3 is 5.32 Å². The fourth-order valence-electron chi connectivity index (χ4n) is 1.89. The molecule has 0 aliphatic carbocycles. The number of para-hydroxylation sites is 1. The van der Waals surface area contributed by atoms with Crippen LogP contribution in [0.15, 0.2) is 58.3 Å². The lowest BCUT2D eigenvalue weighted by Gasteiger charge is -2.09. The number of hydrogen-bond acceptors (Lipinski definition) is 5. The van der Waals surface area contributed by atoms with Crippen LogP contribution >= 0.6 is 11.3 Å². The minimum absolute atomic E-state index is 0.1000. The molecule has 1 aromatic carbocycles. The van der Waals surface area contributed by atoms with E-state index < -0.39 is 21.7 Å². The molecule has 0 unspecified atom stereocenters. The van der Waals surface area contributed by atoms with Gasteiger partial charge >= 0.3 is 0 Å². The number of benzene rings is 1. The molecule has 0 amide bonds. The summed E-state index contributed by atoms with van der Waals surface area (Å²) in [6.45, 7) is 0. The van der Waals surface area contributed by atoms with Crippen LogP contribution < -0.4 is 10.0 Å². The first-order chi connectivity index (χ1) is 11.5. The summed E-state index contributed by atoms with van der Waals surface area (Å²) in [5.74, 6) is -1.38. The Bertz CT molecular complexity index is 923. The van der Waals surface area contributed by atoms with Crippen LogP contribution in [0.25, 0.3) is 0 Å². The van der Waals surface area contributed by atoms with Crippen molar-refractivity contribution in [2.24, 2.45) is 0 Å². The highest BCUT2D eigenvalue weighted by Crippen LogP contribution is 2.24. The third kappa shape index (κ3) is 3.52. The van der Waals surface area contributed by atoms with E-state index in [4.69, 9.17) is 0 Å². The van der Waals surface area contributed by atoms with E-state index in [1.807, 2.05) is 0 Å². The average molecular weight is 367 g/mol. The summed E-state index contributed by atoms with van der Waals surface area (Å²) in [6.07, 6.45) is 1.28. The molecule has 0 aliphatic rings. The van der Waals surface area contributed by atoms with Crippen molar-refractivity contribution >= 4 is 38.6 Å². The highest BCUT2D eigenvalue weighted by molar-refractivity contribution is 7.94. The van der Waals surface area contributed by atoms with Crippen molar-refractivity contribution in [2.75, 3.05) is 10.0 Å². The molecule has 124 valence electrons. The summed E-state index contributed by atoms with van der Waals surface area (Å²) >= 11 is 1.08. The largest absolute Gasteiger partial charge is 0.349 e. The van der Waals surface area contributed by atoms with Gasteiger partial charge in [-0.2, -0.15) is 0 Å². The molecule has 2 aromatic heterocycles. The van der Waals surface area contributed by atoms with Gasteiger partial charge in [0, 0.05) is 0 Å². The summed E-state index contributed by atoms with van der Waals surface area (Å²) < 4.78 is 53.8. The molecule has 3 aromatic rings. The van der Waals surface area contributed by atoms with Gasteiger partial charge in [0.2, 0.25) is 0 Å². The van der Waals surface area contributed by atoms with Gasteiger partial charge in [0.05, 0.1) is 11.9 Å². The van der Waals surface area contributed by atoms with Gasteiger partial charge in [-0.05, 0) is 35.7 Å². The molecule has 0 atom stereocenters. The van der Waals surface area contributed by atoms with Crippen LogP contribution in [-0.2, 0) is 10.0 Å². The van der Waals surface area contributed by atoms with Crippen molar-refractivity contribution in [3.8, 4) is 0 Å². The molecule has 24 heavy (non-hydrogen) atoms. The summed E-state index contributed by atoms with van der Waals surface area (Å²) in [6, 6.07) is 9.48. The second kappa shape index (κ2) is 6.54. The van der Waals surface area contributed by atoms with Gasteiger partial charge in [-0.15, -0.1) is 11.3 Å². The number of nitrogens with zero attached hydrogens (tertiary/aromatic N) is 1. The van der Waals surface area contributed by atoms with Crippen LogP contribution in [0.4, 0.5) is 26.0 Å². The van der Waals surface area contributed by atoms with Gasteiger partial charge in [-0.1, -0.05) is 12.1 Å². The minimum atomic E-state index is -3.69. The predicted molar refractivity (Wildman–Crippen MR) is 89.0 cm³/mol. The van der Waals surface area contributed by atoms with E-state index in [1.54, 1.807) is 11.4 Å². The second-order valence-electron chi connectivity index (χ2n) is 4.69. The standard InChI is InChI=1S/C15H11F2N3O2S2/c16-11-3-1-4-12(17)15(11)19-10-6-7-13(18-9-10)20-24(21,22)14-5-2-8-23-14/h1-9,19H,(H,18,20). The van der Waals surface area contributed by atoms with Crippen molar-refractivity contribution in [1.29, 1.82) is 0 Å². The monoisotopic (exact) mass is 367 g/mol. The van der Waals surface area contributed by atoms with Crippen LogP contribution in [0.3, 0.4) is 0 Å². The molecule has 0 saturated carbocycles. The van der Waals surface area contributed by atoms with E-state index >= 15 is 0 Å². The quantitative estimate of drug-likeness (QED) is 0.716. The van der Waals surface area contributed by atoms with E-state index in [0.29, 0.717) is 5.69 Å². The normalized spacial score (nSPS) is 11.2.